The van der Waals surface area contributed by atoms with Crippen molar-refractivity contribution in [3.8, 4) is 0 Å². The molecular weight excluding hydrogens is 349 g/mol. The van der Waals surface area contributed by atoms with Crippen LogP contribution in [0.3, 0.4) is 0 Å². The fourth-order valence-corrected chi connectivity index (χ4v) is 3.61. The van der Waals surface area contributed by atoms with Crippen LogP contribution >= 0.6 is 35.0 Å². The van der Waals surface area contributed by atoms with E-state index >= 15 is 0 Å². The molecule has 2 aromatic rings. The molecular formula is C18H19Cl2NOS. The maximum atomic E-state index is 12.7. The van der Waals surface area contributed by atoms with Gasteiger partial charge in [-0.2, -0.15) is 0 Å². The van der Waals surface area contributed by atoms with Crippen LogP contribution in [0.25, 0.3) is 0 Å². The quantitative estimate of drug-likeness (QED) is 0.635. The lowest BCUT2D eigenvalue weighted by Gasteiger charge is -2.20. The Kier molecular flexibility index (Phi) is 6.82. The van der Waals surface area contributed by atoms with Gasteiger partial charge < -0.3 is 4.90 Å². The van der Waals surface area contributed by atoms with Gasteiger partial charge in [0.15, 0.2) is 0 Å². The number of rotatable bonds is 6. The van der Waals surface area contributed by atoms with Crippen LogP contribution in [0.1, 0.15) is 22.8 Å². The standard InChI is InChI=1S/C18H19Cl2NOS/c1-3-23-17-14(9-10-15(19)16(17)20)18(22)21(2)12-11-13-7-5-4-6-8-13/h4-10H,3,11-12H2,1-2H3. The Bertz CT molecular complexity index is 676. The van der Waals surface area contributed by atoms with Crippen molar-refractivity contribution in [3.05, 3.63) is 63.6 Å². The van der Waals surface area contributed by atoms with E-state index in [1.165, 1.54) is 17.3 Å². The summed E-state index contributed by atoms with van der Waals surface area (Å²) in [6.45, 7) is 2.68. The van der Waals surface area contributed by atoms with Crippen LogP contribution < -0.4 is 0 Å². The lowest BCUT2D eigenvalue weighted by Crippen LogP contribution is -2.29. The van der Waals surface area contributed by atoms with Gasteiger partial charge in [0.1, 0.15) is 0 Å². The first-order valence-corrected chi connectivity index (χ1v) is 9.19. The number of amides is 1. The smallest absolute Gasteiger partial charge is 0.254 e. The largest absolute Gasteiger partial charge is 0.341 e. The Morgan fingerprint density at radius 3 is 2.48 bits per heavy atom. The van der Waals surface area contributed by atoms with E-state index in [9.17, 15) is 4.79 Å². The highest BCUT2D eigenvalue weighted by atomic mass is 35.5. The Balaban J connectivity index is 2.14. The molecule has 0 saturated heterocycles. The number of likely N-dealkylation sites (N-methyl/N-ethyl adjacent to an activating group) is 1. The van der Waals surface area contributed by atoms with E-state index in [0.29, 0.717) is 22.2 Å². The molecule has 0 bridgehead atoms. The molecule has 0 N–H and O–H groups in total. The van der Waals surface area contributed by atoms with Crippen LogP contribution in [0.15, 0.2) is 47.4 Å². The Morgan fingerprint density at radius 1 is 1.13 bits per heavy atom. The second-order valence-corrected chi connectivity index (χ2v) is 7.19. The molecule has 5 heteroatoms. The zero-order valence-electron chi connectivity index (χ0n) is 13.2. The molecule has 2 rings (SSSR count). The van der Waals surface area contributed by atoms with Gasteiger partial charge in [0, 0.05) is 18.5 Å². The molecule has 0 spiro atoms. The summed E-state index contributed by atoms with van der Waals surface area (Å²) in [6, 6.07) is 13.6. The summed E-state index contributed by atoms with van der Waals surface area (Å²) in [7, 11) is 1.81. The zero-order chi connectivity index (χ0) is 16.8. The van der Waals surface area contributed by atoms with Crippen molar-refractivity contribution in [2.24, 2.45) is 0 Å². The van der Waals surface area contributed by atoms with Crippen molar-refractivity contribution in [2.75, 3.05) is 19.3 Å². The van der Waals surface area contributed by atoms with Crippen LogP contribution in [0.5, 0.6) is 0 Å². The third kappa shape index (κ3) is 4.66. The maximum Gasteiger partial charge on any atom is 0.254 e. The summed E-state index contributed by atoms with van der Waals surface area (Å²) >= 11 is 13.9. The monoisotopic (exact) mass is 367 g/mol. The molecule has 0 aliphatic heterocycles. The normalized spacial score (nSPS) is 10.6. The van der Waals surface area contributed by atoms with Crippen LogP contribution in [0, 0.1) is 0 Å². The van der Waals surface area contributed by atoms with E-state index in [-0.39, 0.29) is 5.91 Å². The first-order chi connectivity index (χ1) is 11.0. The number of nitrogens with zero attached hydrogens (tertiary/aromatic N) is 1. The average molecular weight is 368 g/mol. The summed E-state index contributed by atoms with van der Waals surface area (Å²) in [6.07, 6.45) is 0.820. The van der Waals surface area contributed by atoms with E-state index in [2.05, 4.69) is 12.1 Å². The number of halogens is 2. The molecule has 1 amide bonds. The van der Waals surface area contributed by atoms with Gasteiger partial charge in [0.2, 0.25) is 0 Å². The third-order valence-corrected chi connectivity index (χ3v) is 5.41. The predicted molar refractivity (Wildman–Crippen MR) is 100.0 cm³/mol. The molecule has 0 unspecified atom stereocenters. The molecule has 2 aromatic carbocycles. The second-order valence-electron chi connectivity index (χ2n) is 5.13. The predicted octanol–water partition coefficient (Wildman–Crippen LogP) is 5.42. The number of carbonyl (C=O) groups is 1. The van der Waals surface area contributed by atoms with Crippen molar-refractivity contribution in [3.63, 3.8) is 0 Å². The molecule has 2 nitrogen and oxygen atoms in total. The lowest BCUT2D eigenvalue weighted by atomic mass is 10.1. The maximum absolute atomic E-state index is 12.7. The molecule has 0 radical (unpaired) electrons. The van der Waals surface area contributed by atoms with E-state index in [1.54, 1.807) is 17.0 Å². The SMILES string of the molecule is CCSc1c(C(=O)N(C)CCc2ccccc2)ccc(Cl)c1Cl. The lowest BCUT2D eigenvalue weighted by molar-refractivity contribution is 0.0793. The third-order valence-electron chi connectivity index (χ3n) is 3.49. The second kappa shape index (κ2) is 8.62. The molecule has 0 aliphatic carbocycles. The first kappa shape index (κ1) is 18.2. The summed E-state index contributed by atoms with van der Waals surface area (Å²) < 4.78 is 0. The van der Waals surface area contributed by atoms with Crippen molar-refractivity contribution < 1.29 is 4.79 Å². The molecule has 122 valence electrons. The molecule has 0 aromatic heterocycles. The molecule has 0 heterocycles. The van der Waals surface area contributed by atoms with Gasteiger partial charge >= 0.3 is 0 Å². The molecule has 23 heavy (non-hydrogen) atoms. The van der Waals surface area contributed by atoms with E-state index < -0.39 is 0 Å². The van der Waals surface area contributed by atoms with E-state index in [4.69, 9.17) is 23.2 Å². The van der Waals surface area contributed by atoms with Gasteiger partial charge in [0.25, 0.3) is 5.91 Å². The number of hydrogen-bond acceptors (Lipinski definition) is 2. The van der Waals surface area contributed by atoms with Crippen molar-refractivity contribution in [1.82, 2.24) is 4.90 Å². The van der Waals surface area contributed by atoms with Gasteiger partial charge in [-0.3, -0.25) is 4.79 Å². The molecule has 0 atom stereocenters. The van der Waals surface area contributed by atoms with Crippen molar-refractivity contribution in [2.45, 2.75) is 18.2 Å². The summed E-state index contributed by atoms with van der Waals surface area (Å²) in [5.41, 5.74) is 1.83. The Hall–Kier alpha value is -1.16. The highest BCUT2D eigenvalue weighted by molar-refractivity contribution is 7.99. The molecule has 0 fully saturated rings. The number of benzene rings is 2. The minimum absolute atomic E-state index is 0.0320. The average Bonchev–Trinajstić information content (AvgIpc) is 2.57. The van der Waals surface area contributed by atoms with Gasteiger partial charge in [-0.1, -0.05) is 60.5 Å². The summed E-state index contributed by atoms with van der Waals surface area (Å²) in [5.74, 6) is 0.795. The van der Waals surface area contributed by atoms with E-state index in [0.717, 1.165) is 17.1 Å². The highest BCUT2D eigenvalue weighted by Gasteiger charge is 2.19. The Labute approximate surface area is 151 Å². The minimum atomic E-state index is -0.0320. The molecule has 0 saturated carbocycles. The van der Waals surface area contributed by atoms with E-state index in [1.807, 2.05) is 32.2 Å². The number of carbonyl (C=O) groups excluding carboxylic acids is 1. The molecule has 0 aliphatic rings. The van der Waals surface area contributed by atoms with Gasteiger partial charge in [-0.05, 0) is 29.9 Å². The number of thioether (sulfide) groups is 1. The minimum Gasteiger partial charge on any atom is -0.341 e. The van der Waals surface area contributed by atoms with Crippen molar-refractivity contribution >= 4 is 40.9 Å². The van der Waals surface area contributed by atoms with Crippen LogP contribution in [0.4, 0.5) is 0 Å². The topological polar surface area (TPSA) is 20.3 Å². The Morgan fingerprint density at radius 2 is 1.83 bits per heavy atom. The summed E-state index contributed by atoms with van der Waals surface area (Å²) in [5, 5.41) is 0.937. The summed E-state index contributed by atoms with van der Waals surface area (Å²) in [4.78, 5) is 15.2. The first-order valence-electron chi connectivity index (χ1n) is 7.44. The van der Waals surface area contributed by atoms with Gasteiger partial charge in [-0.25, -0.2) is 0 Å². The number of hydrogen-bond donors (Lipinski definition) is 0. The van der Waals surface area contributed by atoms with Gasteiger partial charge in [0.05, 0.1) is 15.6 Å². The highest BCUT2D eigenvalue weighted by Crippen LogP contribution is 2.36. The zero-order valence-corrected chi connectivity index (χ0v) is 15.5. The van der Waals surface area contributed by atoms with Crippen LogP contribution in [-0.4, -0.2) is 30.2 Å². The van der Waals surface area contributed by atoms with Gasteiger partial charge in [-0.15, -0.1) is 11.8 Å². The van der Waals surface area contributed by atoms with Crippen LogP contribution in [0.2, 0.25) is 10.0 Å². The fourth-order valence-electron chi connectivity index (χ4n) is 2.23. The van der Waals surface area contributed by atoms with Crippen molar-refractivity contribution in [1.29, 1.82) is 0 Å². The fraction of sp³-hybridized carbons (Fsp3) is 0.278. The van der Waals surface area contributed by atoms with Crippen LogP contribution in [-0.2, 0) is 6.42 Å².